The predicted molar refractivity (Wildman–Crippen MR) is 56.4 cm³/mol. The van der Waals surface area contributed by atoms with Crippen LogP contribution in [-0.4, -0.2) is 40.8 Å². The molecule has 0 bridgehead atoms. The van der Waals surface area contributed by atoms with E-state index in [0.717, 1.165) is 19.5 Å². The second kappa shape index (κ2) is 3.72. The number of nitrogens with one attached hydrogen (secondary N) is 2. The van der Waals surface area contributed by atoms with E-state index in [-0.39, 0.29) is 10.9 Å². The summed E-state index contributed by atoms with van der Waals surface area (Å²) in [5, 5.41) is 15.5. The first-order chi connectivity index (χ1) is 6.64. The third-order valence-corrected chi connectivity index (χ3v) is 4.88. The van der Waals surface area contributed by atoms with Crippen LogP contribution in [0, 0.1) is 5.92 Å². The summed E-state index contributed by atoms with van der Waals surface area (Å²) < 4.78 is 0. The number of hydrogen-bond acceptors (Lipinski definition) is 4. The third-order valence-electron chi connectivity index (χ3n) is 3.14. The predicted octanol–water partition coefficient (Wildman–Crippen LogP) is 0.102. The van der Waals surface area contributed by atoms with Crippen LogP contribution in [0.3, 0.4) is 0 Å². The van der Waals surface area contributed by atoms with E-state index < -0.39 is 5.97 Å². The van der Waals surface area contributed by atoms with Crippen molar-refractivity contribution in [3.05, 3.63) is 0 Å². The second-order valence-electron chi connectivity index (χ2n) is 4.09. The summed E-state index contributed by atoms with van der Waals surface area (Å²) in [6, 6.07) is -0.361. The minimum absolute atomic E-state index is 0.00824. The van der Waals surface area contributed by atoms with Crippen molar-refractivity contribution in [1.82, 2.24) is 10.6 Å². The van der Waals surface area contributed by atoms with Crippen LogP contribution in [0.25, 0.3) is 0 Å². The molecule has 2 rings (SSSR count). The Hall–Kier alpha value is -0.260. The molecule has 2 aliphatic rings. The zero-order valence-electron chi connectivity index (χ0n) is 8.25. The molecule has 2 heterocycles. The molecule has 0 aliphatic carbocycles. The molecule has 0 amide bonds. The molecule has 14 heavy (non-hydrogen) atoms. The molecule has 2 saturated heterocycles. The Bertz CT molecular complexity index is 249. The molecule has 0 aromatic heterocycles. The van der Waals surface area contributed by atoms with Crippen LogP contribution in [0.2, 0.25) is 0 Å². The molecule has 2 fully saturated rings. The zero-order chi connectivity index (χ0) is 10.2. The van der Waals surface area contributed by atoms with Crippen LogP contribution in [0.5, 0.6) is 0 Å². The monoisotopic (exact) mass is 216 g/mol. The van der Waals surface area contributed by atoms with Crippen LogP contribution >= 0.6 is 11.8 Å². The van der Waals surface area contributed by atoms with Gasteiger partial charge in [0.15, 0.2) is 0 Å². The highest BCUT2D eigenvalue weighted by molar-refractivity contribution is 8.01. The SMILES string of the molecule is CC1CNCCC12NC(C(=O)O)CS2. The minimum atomic E-state index is -0.722. The molecule has 2 aliphatic heterocycles. The average Bonchev–Trinajstić information content (AvgIpc) is 2.56. The van der Waals surface area contributed by atoms with Crippen LogP contribution in [-0.2, 0) is 4.79 Å². The molecular formula is C9H16N2O2S. The molecule has 3 atom stereocenters. The number of piperidine rings is 1. The molecule has 0 aromatic carbocycles. The highest BCUT2D eigenvalue weighted by Crippen LogP contribution is 2.40. The van der Waals surface area contributed by atoms with E-state index >= 15 is 0 Å². The molecular weight excluding hydrogens is 200 g/mol. The fourth-order valence-electron chi connectivity index (χ4n) is 2.18. The Kier molecular flexibility index (Phi) is 2.72. The van der Waals surface area contributed by atoms with Gasteiger partial charge >= 0.3 is 5.97 Å². The minimum Gasteiger partial charge on any atom is -0.480 e. The van der Waals surface area contributed by atoms with Gasteiger partial charge in [0.2, 0.25) is 0 Å². The largest absolute Gasteiger partial charge is 0.480 e. The van der Waals surface area contributed by atoms with Crippen molar-refractivity contribution in [3.8, 4) is 0 Å². The van der Waals surface area contributed by atoms with Gasteiger partial charge in [0.1, 0.15) is 6.04 Å². The van der Waals surface area contributed by atoms with Crippen LogP contribution in [0.4, 0.5) is 0 Å². The molecule has 5 heteroatoms. The summed E-state index contributed by atoms with van der Waals surface area (Å²) in [6.07, 6.45) is 1.02. The van der Waals surface area contributed by atoms with Crippen molar-refractivity contribution in [1.29, 1.82) is 0 Å². The molecule has 3 unspecified atom stereocenters. The standard InChI is InChI=1S/C9H16N2O2S/c1-6-4-10-3-2-9(6)11-7(5-14-9)8(12)13/h6-7,10-11H,2-5H2,1H3,(H,12,13). The topological polar surface area (TPSA) is 61.4 Å². The number of aliphatic carboxylic acids is 1. The summed E-state index contributed by atoms with van der Waals surface area (Å²) in [6.45, 7) is 4.14. The number of rotatable bonds is 1. The lowest BCUT2D eigenvalue weighted by Gasteiger charge is -2.39. The lowest BCUT2D eigenvalue weighted by molar-refractivity contribution is -0.139. The average molecular weight is 216 g/mol. The lowest BCUT2D eigenvalue weighted by Crippen LogP contribution is -2.55. The molecule has 0 saturated carbocycles. The summed E-state index contributed by atoms with van der Waals surface area (Å²) in [7, 11) is 0. The first kappa shape index (κ1) is 10.3. The summed E-state index contributed by atoms with van der Waals surface area (Å²) in [5.41, 5.74) is 0. The Morgan fingerprint density at radius 3 is 3.00 bits per heavy atom. The number of hydrogen-bond donors (Lipinski definition) is 3. The zero-order valence-corrected chi connectivity index (χ0v) is 9.06. The van der Waals surface area contributed by atoms with E-state index in [2.05, 4.69) is 17.6 Å². The fourth-order valence-corrected chi connectivity index (χ4v) is 3.71. The Labute approximate surface area is 87.8 Å². The van der Waals surface area contributed by atoms with Gasteiger partial charge in [-0.2, -0.15) is 0 Å². The van der Waals surface area contributed by atoms with Gasteiger partial charge in [-0.1, -0.05) is 6.92 Å². The molecule has 0 radical (unpaired) electrons. The highest BCUT2D eigenvalue weighted by Gasteiger charge is 2.46. The maximum Gasteiger partial charge on any atom is 0.321 e. The van der Waals surface area contributed by atoms with Gasteiger partial charge in [0.05, 0.1) is 4.87 Å². The highest BCUT2D eigenvalue weighted by atomic mass is 32.2. The third kappa shape index (κ3) is 1.64. The van der Waals surface area contributed by atoms with Crippen molar-refractivity contribution in [2.75, 3.05) is 18.8 Å². The van der Waals surface area contributed by atoms with Crippen LogP contribution < -0.4 is 10.6 Å². The summed E-state index contributed by atoms with van der Waals surface area (Å²) in [4.78, 5) is 10.9. The van der Waals surface area contributed by atoms with Gasteiger partial charge < -0.3 is 10.4 Å². The summed E-state index contributed by atoms with van der Waals surface area (Å²) in [5.74, 6) is 0.463. The van der Waals surface area contributed by atoms with Gasteiger partial charge in [0, 0.05) is 12.3 Å². The molecule has 4 nitrogen and oxygen atoms in total. The second-order valence-corrected chi connectivity index (χ2v) is 5.44. The van der Waals surface area contributed by atoms with E-state index in [9.17, 15) is 4.79 Å². The van der Waals surface area contributed by atoms with Crippen LogP contribution in [0.1, 0.15) is 13.3 Å². The Balaban J connectivity index is 2.06. The van der Waals surface area contributed by atoms with Gasteiger partial charge in [-0.15, -0.1) is 11.8 Å². The van der Waals surface area contributed by atoms with E-state index in [4.69, 9.17) is 5.11 Å². The van der Waals surface area contributed by atoms with Crippen molar-refractivity contribution in [2.24, 2.45) is 5.92 Å². The number of carbonyl (C=O) groups is 1. The van der Waals surface area contributed by atoms with Gasteiger partial charge in [-0.3, -0.25) is 10.1 Å². The first-order valence-electron chi connectivity index (χ1n) is 4.99. The molecule has 80 valence electrons. The maximum atomic E-state index is 10.8. The van der Waals surface area contributed by atoms with Crippen LogP contribution in [0.15, 0.2) is 0 Å². The Morgan fingerprint density at radius 1 is 1.64 bits per heavy atom. The van der Waals surface area contributed by atoms with Crippen molar-refractivity contribution in [2.45, 2.75) is 24.3 Å². The quantitative estimate of drug-likeness (QED) is 0.580. The lowest BCUT2D eigenvalue weighted by atomic mass is 9.94. The van der Waals surface area contributed by atoms with Gasteiger partial charge in [-0.05, 0) is 18.9 Å². The van der Waals surface area contributed by atoms with E-state index in [0.29, 0.717) is 11.7 Å². The fraction of sp³-hybridized carbons (Fsp3) is 0.889. The van der Waals surface area contributed by atoms with Gasteiger partial charge in [0.25, 0.3) is 0 Å². The van der Waals surface area contributed by atoms with E-state index in [1.54, 1.807) is 11.8 Å². The molecule has 3 N–H and O–H groups in total. The molecule has 1 spiro atoms. The van der Waals surface area contributed by atoms with Crippen molar-refractivity contribution < 1.29 is 9.90 Å². The maximum absolute atomic E-state index is 10.8. The smallest absolute Gasteiger partial charge is 0.321 e. The molecule has 0 aromatic rings. The van der Waals surface area contributed by atoms with E-state index in [1.165, 1.54) is 0 Å². The van der Waals surface area contributed by atoms with E-state index in [1.807, 2.05) is 0 Å². The van der Waals surface area contributed by atoms with Crippen molar-refractivity contribution in [3.63, 3.8) is 0 Å². The number of thioether (sulfide) groups is 1. The summed E-state index contributed by atoms with van der Waals surface area (Å²) >= 11 is 1.78. The Morgan fingerprint density at radius 2 is 2.43 bits per heavy atom. The van der Waals surface area contributed by atoms with Crippen molar-refractivity contribution >= 4 is 17.7 Å². The van der Waals surface area contributed by atoms with Gasteiger partial charge in [-0.25, -0.2) is 0 Å². The first-order valence-corrected chi connectivity index (χ1v) is 5.98. The number of carboxylic acid groups (broad SMARTS) is 1. The normalized spacial score (nSPS) is 42.9. The number of carboxylic acids is 1.